The van der Waals surface area contributed by atoms with Gasteiger partial charge in [0, 0.05) is 17.6 Å². The van der Waals surface area contributed by atoms with E-state index in [1.54, 1.807) is 25.1 Å². The fourth-order valence-electron chi connectivity index (χ4n) is 3.78. The lowest BCUT2D eigenvalue weighted by Crippen LogP contribution is -2.32. The molecule has 2 aromatic carbocycles. The summed E-state index contributed by atoms with van der Waals surface area (Å²) in [6, 6.07) is 14.5. The molecule has 35 heavy (non-hydrogen) atoms. The molecule has 4 aromatic rings. The molecule has 1 N–H and O–H groups in total. The van der Waals surface area contributed by atoms with Gasteiger partial charge >= 0.3 is 5.97 Å². The molecule has 0 amide bonds. The third-order valence-corrected chi connectivity index (χ3v) is 7.57. The number of nitrogens with zero attached hydrogens (tertiary/aromatic N) is 1. The van der Waals surface area contributed by atoms with Crippen molar-refractivity contribution in [3.8, 4) is 0 Å². The molecule has 0 spiro atoms. The zero-order valence-electron chi connectivity index (χ0n) is 19.7. The maximum atomic E-state index is 13.7. The van der Waals surface area contributed by atoms with Gasteiger partial charge in [0.25, 0.3) is 5.56 Å². The van der Waals surface area contributed by atoms with Crippen LogP contribution in [0.25, 0.3) is 10.9 Å². The second-order valence-electron chi connectivity index (χ2n) is 8.25. The maximum Gasteiger partial charge on any atom is 0.338 e. The Hall–Kier alpha value is -3.69. The first kappa shape index (κ1) is 24.4. The molecule has 8 nitrogen and oxygen atoms in total. The number of benzene rings is 2. The van der Waals surface area contributed by atoms with Gasteiger partial charge in [-0.15, -0.1) is 0 Å². The van der Waals surface area contributed by atoms with Crippen LogP contribution in [0.15, 0.2) is 75.0 Å². The number of fused-ring (bicyclic) bond motifs is 1. The quantitative estimate of drug-likeness (QED) is 0.366. The van der Waals surface area contributed by atoms with Crippen molar-refractivity contribution in [2.45, 2.75) is 38.8 Å². The van der Waals surface area contributed by atoms with Gasteiger partial charge in [0.1, 0.15) is 5.76 Å². The van der Waals surface area contributed by atoms with Gasteiger partial charge in [-0.2, -0.15) is 4.31 Å². The number of esters is 1. The Morgan fingerprint density at radius 1 is 1.03 bits per heavy atom. The topological polar surface area (TPSA) is 110 Å². The molecular formula is C26H26N2O6S. The molecule has 0 aliphatic rings. The highest BCUT2D eigenvalue weighted by Crippen LogP contribution is 2.24. The van der Waals surface area contributed by atoms with Gasteiger partial charge in [-0.25, -0.2) is 13.2 Å². The summed E-state index contributed by atoms with van der Waals surface area (Å²) < 4.78 is 38.9. The Morgan fingerprint density at radius 2 is 1.80 bits per heavy atom. The minimum Gasteiger partial charge on any atom is -0.468 e. The zero-order chi connectivity index (χ0) is 25.2. The molecule has 0 atom stereocenters. The van der Waals surface area contributed by atoms with E-state index in [1.807, 2.05) is 26.0 Å². The Bertz CT molecular complexity index is 1540. The van der Waals surface area contributed by atoms with Gasteiger partial charge in [0.15, 0.2) is 0 Å². The molecule has 0 saturated carbocycles. The summed E-state index contributed by atoms with van der Waals surface area (Å²) in [5.41, 5.74) is 2.83. The van der Waals surface area contributed by atoms with Crippen LogP contribution >= 0.6 is 0 Å². The van der Waals surface area contributed by atoms with Crippen molar-refractivity contribution in [1.29, 1.82) is 0 Å². The Balaban J connectivity index is 1.76. The molecule has 0 saturated heterocycles. The second-order valence-corrected chi connectivity index (χ2v) is 10.2. The van der Waals surface area contributed by atoms with Crippen molar-refractivity contribution in [2.24, 2.45) is 0 Å². The van der Waals surface area contributed by atoms with Crippen molar-refractivity contribution in [3.63, 3.8) is 0 Å². The van der Waals surface area contributed by atoms with Crippen LogP contribution in [-0.4, -0.2) is 30.3 Å². The van der Waals surface area contributed by atoms with Crippen LogP contribution in [-0.2, 0) is 27.8 Å². The van der Waals surface area contributed by atoms with E-state index >= 15 is 0 Å². The first-order valence-corrected chi connectivity index (χ1v) is 12.6. The molecule has 0 radical (unpaired) electrons. The van der Waals surface area contributed by atoms with E-state index in [0.29, 0.717) is 11.3 Å². The summed E-state index contributed by atoms with van der Waals surface area (Å²) in [7, 11) is -4.12. The van der Waals surface area contributed by atoms with Crippen LogP contribution in [0.5, 0.6) is 0 Å². The molecule has 4 rings (SSSR count). The number of rotatable bonds is 8. The lowest BCUT2D eigenvalue weighted by atomic mass is 10.0. The number of aromatic nitrogens is 1. The number of pyridine rings is 1. The number of nitrogens with one attached hydrogen (secondary N) is 1. The number of carbonyl (C=O) groups excluding carboxylic acids is 1. The molecule has 9 heteroatoms. The normalized spacial score (nSPS) is 11.8. The van der Waals surface area contributed by atoms with Crippen LogP contribution < -0.4 is 5.56 Å². The number of hydrogen-bond donors (Lipinski definition) is 1. The van der Waals surface area contributed by atoms with Crippen molar-refractivity contribution < 1.29 is 22.4 Å². The van der Waals surface area contributed by atoms with E-state index in [9.17, 15) is 18.0 Å². The predicted molar refractivity (Wildman–Crippen MR) is 132 cm³/mol. The minimum absolute atomic E-state index is 0.0849. The van der Waals surface area contributed by atoms with Crippen LogP contribution in [0.3, 0.4) is 0 Å². The van der Waals surface area contributed by atoms with E-state index < -0.39 is 16.0 Å². The number of aromatic amines is 1. The van der Waals surface area contributed by atoms with Gasteiger partial charge in [0.2, 0.25) is 10.0 Å². The van der Waals surface area contributed by atoms with E-state index in [-0.39, 0.29) is 41.3 Å². The zero-order valence-corrected chi connectivity index (χ0v) is 20.5. The number of sulfonamides is 1. The van der Waals surface area contributed by atoms with Crippen molar-refractivity contribution >= 4 is 26.9 Å². The molecule has 0 bridgehead atoms. The van der Waals surface area contributed by atoms with Crippen LogP contribution in [0, 0.1) is 13.8 Å². The maximum absolute atomic E-state index is 13.7. The Labute approximate surface area is 203 Å². The smallest absolute Gasteiger partial charge is 0.338 e. The predicted octanol–water partition coefficient (Wildman–Crippen LogP) is 4.31. The summed E-state index contributed by atoms with van der Waals surface area (Å²) >= 11 is 0. The van der Waals surface area contributed by atoms with Gasteiger partial charge in [-0.05, 0) is 85.8 Å². The molecule has 0 aliphatic heterocycles. The number of aryl methyl sites for hydroxylation is 2. The first-order valence-electron chi connectivity index (χ1n) is 11.1. The van der Waals surface area contributed by atoms with E-state index in [0.717, 1.165) is 20.8 Å². The van der Waals surface area contributed by atoms with Crippen molar-refractivity contribution in [2.75, 3.05) is 6.61 Å². The lowest BCUT2D eigenvalue weighted by molar-refractivity contribution is 0.0526. The van der Waals surface area contributed by atoms with Gasteiger partial charge in [-0.1, -0.05) is 6.07 Å². The fraction of sp³-hybridized carbons (Fsp3) is 0.231. The van der Waals surface area contributed by atoms with Crippen LogP contribution in [0.1, 0.15) is 39.7 Å². The number of carbonyl (C=O) groups is 1. The number of H-pyrrole nitrogens is 1. The first-order chi connectivity index (χ1) is 16.7. The molecule has 0 unspecified atom stereocenters. The molecule has 2 heterocycles. The van der Waals surface area contributed by atoms with Crippen LogP contribution in [0.4, 0.5) is 0 Å². The average molecular weight is 495 g/mol. The highest BCUT2D eigenvalue weighted by molar-refractivity contribution is 7.89. The monoisotopic (exact) mass is 494 g/mol. The van der Waals surface area contributed by atoms with E-state index in [4.69, 9.17) is 9.15 Å². The van der Waals surface area contributed by atoms with Gasteiger partial charge in [-0.3, -0.25) is 4.79 Å². The van der Waals surface area contributed by atoms with Gasteiger partial charge in [0.05, 0.1) is 29.9 Å². The molecule has 0 fully saturated rings. The van der Waals surface area contributed by atoms with Gasteiger partial charge < -0.3 is 14.1 Å². The van der Waals surface area contributed by atoms with Crippen molar-refractivity contribution in [3.05, 3.63) is 99.2 Å². The summed E-state index contributed by atoms with van der Waals surface area (Å²) in [6.45, 7) is 5.50. The van der Waals surface area contributed by atoms with Crippen molar-refractivity contribution in [1.82, 2.24) is 9.29 Å². The number of ether oxygens (including phenoxy) is 1. The SMILES string of the molecule is CCOC(=O)c1cccc(S(=O)(=O)N(Cc2ccco2)Cc2cc3cc(C)c(C)cc3[nH]c2=O)c1. The highest BCUT2D eigenvalue weighted by atomic mass is 32.2. The summed E-state index contributed by atoms with van der Waals surface area (Å²) in [5.74, 6) is -0.197. The minimum atomic E-state index is -4.12. The summed E-state index contributed by atoms with van der Waals surface area (Å²) in [5, 5.41) is 0.808. The largest absolute Gasteiger partial charge is 0.468 e. The summed E-state index contributed by atoms with van der Waals surface area (Å²) in [4.78, 5) is 27.8. The number of furan rings is 1. The Morgan fingerprint density at radius 3 is 2.51 bits per heavy atom. The third-order valence-electron chi connectivity index (χ3n) is 5.78. The van der Waals surface area contributed by atoms with E-state index in [2.05, 4.69) is 4.98 Å². The fourth-order valence-corrected chi connectivity index (χ4v) is 5.21. The second kappa shape index (κ2) is 9.89. The molecule has 2 aromatic heterocycles. The third kappa shape index (κ3) is 5.21. The highest BCUT2D eigenvalue weighted by Gasteiger charge is 2.28. The summed E-state index contributed by atoms with van der Waals surface area (Å²) in [6.07, 6.45) is 1.45. The Kier molecular flexibility index (Phi) is 6.90. The number of hydrogen-bond acceptors (Lipinski definition) is 6. The standard InChI is InChI=1S/C26H26N2O6S/c1-4-33-26(30)19-7-5-9-23(14-19)35(31,32)28(16-22-8-6-10-34-22)15-21-13-20-11-17(2)18(3)12-24(20)27-25(21)29/h5-14H,4,15-16H2,1-3H3,(H,27,29). The van der Waals surface area contributed by atoms with Crippen LogP contribution in [0.2, 0.25) is 0 Å². The molecule has 182 valence electrons. The lowest BCUT2D eigenvalue weighted by Gasteiger charge is -2.21. The molecular weight excluding hydrogens is 468 g/mol. The van der Waals surface area contributed by atoms with E-state index in [1.165, 1.54) is 30.5 Å². The average Bonchev–Trinajstić information content (AvgIpc) is 3.34. The molecule has 0 aliphatic carbocycles.